The average molecular weight is 252 g/mol. The van der Waals surface area contributed by atoms with Crippen molar-refractivity contribution >= 4 is 11.7 Å². The van der Waals surface area contributed by atoms with Crippen LogP contribution >= 0.6 is 0 Å². The molecule has 0 saturated heterocycles. The Kier molecular flexibility index (Phi) is 4.97. The van der Waals surface area contributed by atoms with Crippen LogP contribution in [0.4, 0.5) is 5.69 Å². The van der Waals surface area contributed by atoms with Crippen molar-refractivity contribution in [3.05, 3.63) is 23.8 Å². The third-order valence-electron chi connectivity index (χ3n) is 2.92. The van der Waals surface area contributed by atoms with Crippen LogP contribution in [-0.4, -0.2) is 44.9 Å². The number of carbonyl (C=O) groups is 1. The number of nitrogens with one attached hydrogen (secondary N) is 1. The molecule has 18 heavy (non-hydrogen) atoms. The lowest BCUT2D eigenvalue weighted by Gasteiger charge is -2.23. The van der Waals surface area contributed by atoms with Gasteiger partial charge >= 0.3 is 5.97 Å². The zero-order valence-electron chi connectivity index (χ0n) is 11.2. The highest BCUT2D eigenvalue weighted by Gasteiger charge is 2.17. The number of methoxy groups -OCH3 is 1. The third kappa shape index (κ3) is 3.37. The molecule has 0 aliphatic heterocycles. The minimum atomic E-state index is -0.852. The van der Waals surface area contributed by atoms with Crippen LogP contribution in [0.25, 0.3) is 0 Å². The molecule has 0 radical (unpaired) electrons. The molecule has 2 N–H and O–H groups in total. The summed E-state index contributed by atoms with van der Waals surface area (Å²) in [5, 5.41) is 11.8. The minimum absolute atomic E-state index is 0.400. The van der Waals surface area contributed by atoms with Crippen LogP contribution in [0.3, 0.4) is 0 Å². The van der Waals surface area contributed by atoms with Crippen molar-refractivity contribution in [2.45, 2.75) is 13.0 Å². The van der Waals surface area contributed by atoms with E-state index in [0.717, 1.165) is 17.0 Å². The van der Waals surface area contributed by atoms with Crippen molar-refractivity contribution in [1.29, 1.82) is 0 Å². The predicted molar refractivity (Wildman–Crippen MR) is 71.5 cm³/mol. The van der Waals surface area contributed by atoms with Crippen LogP contribution < -0.4 is 15.0 Å². The zero-order chi connectivity index (χ0) is 13.7. The SMILES string of the molecule is CNC(CN(C)c1ccc(OC)c(C)c1)C(=O)O. The molecule has 1 unspecified atom stereocenters. The number of carboxylic acid groups (broad SMARTS) is 1. The number of anilines is 1. The number of hydrogen-bond acceptors (Lipinski definition) is 4. The first-order valence-corrected chi connectivity index (χ1v) is 5.75. The van der Waals surface area contributed by atoms with E-state index in [9.17, 15) is 4.79 Å². The quantitative estimate of drug-likeness (QED) is 0.794. The highest BCUT2D eigenvalue weighted by molar-refractivity contribution is 5.74. The van der Waals surface area contributed by atoms with E-state index >= 15 is 0 Å². The molecular weight excluding hydrogens is 232 g/mol. The highest BCUT2D eigenvalue weighted by atomic mass is 16.5. The summed E-state index contributed by atoms with van der Waals surface area (Å²) in [6, 6.07) is 5.20. The Labute approximate surface area is 107 Å². The lowest BCUT2D eigenvalue weighted by atomic mass is 10.1. The van der Waals surface area contributed by atoms with E-state index in [1.165, 1.54) is 0 Å². The molecule has 0 amide bonds. The molecule has 0 heterocycles. The van der Waals surface area contributed by atoms with E-state index in [1.54, 1.807) is 14.2 Å². The third-order valence-corrected chi connectivity index (χ3v) is 2.92. The molecule has 0 aliphatic rings. The number of carboxylic acids is 1. The maximum absolute atomic E-state index is 11.0. The summed E-state index contributed by atoms with van der Waals surface area (Å²) in [7, 11) is 5.15. The number of rotatable bonds is 6. The standard InChI is InChI=1S/C13H20N2O3/c1-9-7-10(5-6-12(9)18-4)15(3)8-11(14-2)13(16)17/h5-7,11,14H,8H2,1-4H3,(H,16,17). The lowest BCUT2D eigenvalue weighted by Crippen LogP contribution is -2.43. The van der Waals surface area contributed by atoms with Gasteiger partial charge in [0.25, 0.3) is 0 Å². The van der Waals surface area contributed by atoms with Gasteiger partial charge in [0.2, 0.25) is 0 Å². The van der Waals surface area contributed by atoms with Gasteiger partial charge in [-0.15, -0.1) is 0 Å². The highest BCUT2D eigenvalue weighted by Crippen LogP contribution is 2.23. The Morgan fingerprint density at radius 3 is 2.67 bits per heavy atom. The van der Waals surface area contributed by atoms with E-state index in [-0.39, 0.29) is 0 Å². The molecule has 0 bridgehead atoms. The van der Waals surface area contributed by atoms with Crippen molar-refractivity contribution in [1.82, 2.24) is 5.32 Å². The van der Waals surface area contributed by atoms with Gasteiger partial charge in [-0.1, -0.05) is 0 Å². The van der Waals surface area contributed by atoms with Crippen LogP contribution in [0.1, 0.15) is 5.56 Å². The summed E-state index contributed by atoms with van der Waals surface area (Å²) in [6.07, 6.45) is 0. The fourth-order valence-corrected chi connectivity index (χ4v) is 1.77. The van der Waals surface area contributed by atoms with Crippen molar-refractivity contribution < 1.29 is 14.6 Å². The first-order chi connectivity index (χ1) is 8.49. The zero-order valence-corrected chi connectivity index (χ0v) is 11.2. The van der Waals surface area contributed by atoms with Gasteiger partial charge in [0.1, 0.15) is 11.8 Å². The first kappa shape index (κ1) is 14.3. The van der Waals surface area contributed by atoms with Crippen molar-refractivity contribution in [2.75, 3.05) is 32.6 Å². The van der Waals surface area contributed by atoms with Gasteiger partial charge in [-0.2, -0.15) is 0 Å². The fourth-order valence-electron chi connectivity index (χ4n) is 1.77. The van der Waals surface area contributed by atoms with E-state index in [1.807, 2.05) is 37.1 Å². The second kappa shape index (κ2) is 6.26. The monoisotopic (exact) mass is 252 g/mol. The molecule has 0 spiro atoms. The van der Waals surface area contributed by atoms with Crippen molar-refractivity contribution in [3.63, 3.8) is 0 Å². The number of aliphatic carboxylic acids is 1. The lowest BCUT2D eigenvalue weighted by molar-refractivity contribution is -0.139. The summed E-state index contributed by atoms with van der Waals surface area (Å²) in [5.41, 5.74) is 1.99. The molecule has 1 aromatic carbocycles. The molecule has 0 saturated carbocycles. The topological polar surface area (TPSA) is 61.8 Å². The number of ether oxygens (including phenoxy) is 1. The van der Waals surface area contributed by atoms with E-state index in [0.29, 0.717) is 6.54 Å². The molecule has 0 fully saturated rings. The maximum Gasteiger partial charge on any atom is 0.322 e. The minimum Gasteiger partial charge on any atom is -0.496 e. The summed E-state index contributed by atoms with van der Waals surface area (Å²) >= 11 is 0. The van der Waals surface area contributed by atoms with Gasteiger partial charge in [-0.05, 0) is 37.7 Å². The van der Waals surface area contributed by atoms with Gasteiger partial charge in [0.15, 0.2) is 0 Å². The average Bonchev–Trinajstić information content (AvgIpc) is 2.35. The van der Waals surface area contributed by atoms with Gasteiger partial charge in [0, 0.05) is 19.3 Å². The van der Waals surface area contributed by atoms with Crippen LogP contribution in [0, 0.1) is 6.92 Å². The molecule has 5 heteroatoms. The van der Waals surface area contributed by atoms with Gasteiger partial charge in [0.05, 0.1) is 7.11 Å². The number of benzene rings is 1. The van der Waals surface area contributed by atoms with Gasteiger partial charge in [-0.3, -0.25) is 4.79 Å². The summed E-state index contributed by atoms with van der Waals surface area (Å²) in [5.74, 6) is -0.0230. The molecule has 1 rings (SSSR count). The Hall–Kier alpha value is -1.75. The first-order valence-electron chi connectivity index (χ1n) is 5.75. The van der Waals surface area contributed by atoms with E-state index < -0.39 is 12.0 Å². The Balaban J connectivity index is 2.81. The summed E-state index contributed by atoms with van der Waals surface area (Å²) in [6.45, 7) is 2.36. The number of aryl methyl sites for hydroxylation is 1. The Morgan fingerprint density at radius 1 is 1.56 bits per heavy atom. The molecule has 1 atom stereocenters. The number of nitrogens with zero attached hydrogens (tertiary/aromatic N) is 1. The van der Waals surface area contributed by atoms with Crippen LogP contribution in [0.5, 0.6) is 5.75 Å². The number of hydrogen-bond donors (Lipinski definition) is 2. The Morgan fingerprint density at radius 2 is 2.22 bits per heavy atom. The van der Waals surface area contributed by atoms with Crippen molar-refractivity contribution in [3.8, 4) is 5.75 Å². The molecule has 1 aromatic rings. The fraction of sp³-hybridized carbons (Fsp3) is 0.462. The second-order valence-corrected chi connectivity index (χ2v) is 4.21. The normalized spacial score (nSPS) is 12.0. The van der Waals surface area contributed by atoms with Gasteiger partial charge in [-0.25, -0.2) is 0 Å². The second-order valence-electron chi connectivity index (χ2n) is 4.21. The maximum atomic E-state index is 11.0. The molecule has 0 aromatic heterocycles. The van der Waals surface area contributed by atoms with Crippen LogP contribution in [0.15, 0.2) is 18.2 Å². The predicted octanol–water partition coefficient (Wildman–Crippen LogP) is 1.11. The number of likely N-dealkylation sites (N-methyl/N-ethyl adjacent to an activating group) is 2. The Bertz CT molecular complexity index is 421. The molecule has 100 valence electrons. The largest absolute Gasteiger partial charge is 0.496 e. The molecule has 5 nitrogen and oxygen atoms in total. The smallest absolute Gasteiger partial charge is 0.322 e. The van der Waals surface area contributed by atoms with Crippen LogP contribution in [-0.2, 0) is 4.79 Å². The molecule has 0 aliphatic carbocycles. The molecular formula is C13H20N2O3. The van der Waals surface area contributed by atoms with Crippen molar-refractivity contribution in [2.24, 2.45) is 0 Å². The van der Waals surface area contributed by atoms with Crippen LogP contribution in [0.2, 0.25) is 0 Å². The summed E-state index contributed by atoms with van der Waals surface area (Å²) < 4.78 is 5.20. The van der Waals surface area contributed by atoms with E-state index in [2.05, 4.69) is 5.32 Å². The van der Waals surface area contributed by atoms with E-state index in [4.69, 9.17) is 9.84 Å². The summed E-state index contributed by atoms with van der Waals surface area (Å²) in [4.78, 5) is 12.9. The van der Waals surface area contributed by atoms with Gasteiger partial charge < -0.3 is 20.1 Å².